The molecular formula is C9H15N3O3. The highest BCUT2D eigenvalue weighted by atomic mass is 16.5. The molecule has 1 aromatic rings. The molecule has 15 heavy (non-hydrogen) atoms. The minimum atomic E-state index is -0.496. The third-order valence-electron chi connectivity index (χ3n) is 1.78. The molecule has 0 radical (unpaired) electrons. The van der Waals surface area contributed by atoms with Crippen molar-refractivity contribution >= 4 is 11.7 Å². The molecule has 6 nitrogen and oxygen atoms in total. The van der Waals surface area contributed by atoms with Gasteiger partial charge in [0.1, 0.15) is 0 Å². The van der Waals surface area contributed by atoms with E-state index in [2.05, 4.69) is 5.10 Å². The van der Waals surface area contributed by atoms with Crippen LogP contribution in [0.5, 0.6) is 0 Å². The van der Waals surface area contributed by atoms with Gasteiger partial charge in [0, 0.05) is 33.4 Å². The van der Waals surface area contributed by atoms with Gasteiger partial charge in [-0.25, -0.2) is 4.79 Å². The Bertz CT molecular complexity index is 335. The average Bonchev–Trinajstić information content (AvgIpc) is 2.52. The molecule has 1 aromatic heterocycles. The zero-order chi connectivity index (χ0) is 11.3. The second-order valence-corrected chi connectivity index (χ2v) is 3.09. The molecule has 0 aliphatic heterocycles. The van der Waals surface area contributed by atoms with Crippen LogP contribution in [0.15, 0.2) is 6.20 Å². The SMILES string of the molecule is COCCCOC(=O)c1nn(C)cc1N. The third kappa shape index (κ3) is 3.25. The van der Waals surface area contributed by atoms with E-state index in [0.29, 0.717) is 25.3 Å². The lowest BCUT2D eigenvalue weighted by atomic mass is 10.4. The first-order valence-corrected chi connectivity index (χ1v) is 4.60. The molecule has 84 valence electrons. The predicted octanol–water partition coefficient (Wildman–Crippen LogP) is 0.196. The van der Waals surface area contributed by atoms with Gasteiger partial charge in [0.25, 0.3) is 0 Å². The van der Waals surface area contributed by atoms with E-state index in [1.54, 1.807) is 20.4 Å². The van der Waals surface area contributed by atoms with Gasteiger partial charge in [0.05, 0.1) is 12.3 Å². The summed E-state index contributed by atoms with van der Waals surface area (Å²) in [6, 6.07) is 0. The summed E-state index contributed by atoms with van der Waals surface area (Å²) >= 11 is 0. The molecule has 0 saturated heterocycles. The molecule has 0 bridgehead atoms. The first-order valence-electron chi connectivity index (χ1n) is 4.60. The van der Waals surface area contributed by atoms with E-state index in [1.165, 1.54) is 4.68 Å². The highest BCUT2D eigenvalue weighted by Crippen LogP contribution is 2.09. The number of carbonyl (C=O) groups excluding carboxylic acids is 1. The van der Waals surface area contributed by atoms with Gasteiger partial charge >= 0.3 is 5.97 Å². The lowest BCUT2D eigenvalue weighted by Gasteiger charge is -2.02. The number of anilines is 1. The highest BCUT2D eigenvalue weighted by Gasteiger charge is 2.14. The number of hydrogen-bond donors (Lipinski definition) is 1. The standard InChI is InChI=1S/C9H15N3O3/c1-12-6-7(10)8(11-12)9(13)15-5-3-4-14-2/h6H,3-5,10H2,1-2H3. The Morgan fingerprint density at radius 1 is 1.60 bits per heavy atom. The summed E-state index contributed by atoms with van der Waals surface area (Å²) in [6.07, 6.45) is 2.22. The maximum absolute atomic E-state index is 11.4. The van der Waals surface area contributed by atoms with Crippen molar-refractivity contribution in [3.63, 3.8) is 0 Å². The van der Waals surface area contributed by atoms with Gasteiger partial charge in [0.2, 0.25) is 0 Å². The third-order valence-corrected chi connectivity index (χ3v) is 1.78. The Hall–Kier alpha value is -1.56. The van der Waals surface area contributed by atoms with Crippen LogP contribution in [0.4, 0.5) is 5.69 Å². The smallest absolute Gasteiger partial charge is 0.361 e. The van der Waals surface area contributed by atoms with Gasteiger partial charge < -0.3 is 15.2 Å². The van der Waals surface area contributed by atoms with E-state index in [0.717, 1.165) is 0 Å². The molecule has 0 aromatic carbocycles. The number of hydrogen-bond acceptors (Lipinski definition) is 5. The van der Waals surface area contributed by atoms with Gasteiger partial charge in [-0.15, -0.1) is 0 Å². The topological polar surface area (TPSA) is 79.4 Å². The van der Waals surface area contributed by atoms with Crippen molar-refractivity contribution in [3.05, 3.63) is 11.9 Å². The first kappa shape index (κ1) is 11.5. The lowest BCUT2D eigenvalue weighted by Crippen LogP contribution is -2.10. The molecule has 0 atom stereocenters. The van der Waals surface area contributed by atoms with E-state index in [-0.39, 0.29) is 5.69 Å². The zero-order valence-corrected chi connectivity index (χ0v) is 8.90. The van der Waals surface area contributed by atoms with E-state index in [1.807, 2.05) is 0 Å². The Balaban J connectivity index is 2.43. The maximum Gasteiger partial charge on any atom is 0.361 e. The molecule has 0 spiro atoms. The number of nitrogens with zero attached hydrogens (tertiary/aromatic N) is 2. The summed E-state index contributed by atoms with van der Waals surface area (Å²) in [6.45, 7) is 0.869. The van der Waals surface area contributed by atoms with E-state index < -0.39 is 5.97 Å². The largest absolute Gasteiger partial charge is 0.461 e. The summed E-state index contributed by atoms with van der Waals surface area (Å²) in [4.78, 5) is 11.4. The van der Waals surface area contributed by atoms with Crippen LogP contribution in [-0.2, 0) is 16.5 Å². The normalized spacial score (nSPS) is 10.3. The van der Waals surface area contributed by atoms with E-state index in [4.69, 9.17) is 15.2 Å². The molecule has 0 aliphatic rings. The summed E-state index contributed by atoms with van der Waals surface area (Å²) in [5.41, 5.74) is 6.05. The number of nitrogen functional groups attached to an aromatic ring is 1. The lowest BCUT2D eigenvalue weighted by molar-refractivity contribution is 0.0462. The summed E-state index contributed by atoms with van der Waals surface area (Å²) in [5, 5.41) is 3.89. The monoisotopic (exact) mass is 213 g/mol. The summed E-state index contributed by atoms with van der Waals surface area (Å²) in [5.74, 6) is -0.496. The van der Waals surface area contributed by atoms with Gasteiger partial charge in [-0.1, -0.05) is 0 Å². The summed E-state index contributed by atoms with van der Waals surface area (Å²) in [7, 11) is 3.29. The molecule has 0 aliphatic carbocycles. The number of nitrogens with two attached hydrogens (primary N) is 1. The second-order valence-electron chi connectivity index (χ2n) is 3.09. The van der Waals surface area contributed by atoms with Gasteiger partial charge in [0.15, 0.2) is 5.69 Å². The molecule has 0 fully saturated rings. The van der Waals surface area contributed by atoms with Crippen molar-refractivity contribution in [2.24, 2.45) is 7.05 Å². The van der Waals surface area contributed by atoms with Crippen molar-refractivity contribution in [2.75, 3.05) is 26.1 Å². The quantitative estimate of drug-likeness (QED) is 0.558. The number of methoxy groups -OCH3 is 1. The number of aromatic nitrogens is 2. The number of aryl methyl sites for hydroxylation is 1. The maximum atomic E-state index is 11.4. The summed E-state index contributed by atoms with van der Waals surface area (Å²) < 4.78 is 11.2. The number of esters is 1. The number of rotatable bonds is 5. The molecule has 0 unspecified atom stereocenters. The van der Waals surface area contributed by atoms with Gasteiger partial charge in [-0.2, -0.15) is 5.10 Å². The van der Waals surface area contributed by atoms with E-state index in [9.17, 15) is 4.79 Å². The molecule has 0 amide bonds. The Morgan fingerprint density at radius 2 is 2.33 bits per heavy atom. The average molecular weight is 213 g/mol. The number of ether oxygens (including phenoxy) is 2. The van der Waals surface area contributed by atoms with Crippen molar-refractivity contribution < 1.29 is 14.3 Å². The van der Waals surface area contributed by atoms with Crippen molar-refractivity contribution in [2.45, 2.75) is 6.42 Å². The van der Waals surface area contributed by atoms with Crippen LogP contribution in [-0.4, -0.2) is 36.1 Å². The van der Waals surface area contributed by atoms with Gasteiger partial charge in [-0.3, -0.25) is 4.68 Å². The fourth-order valence-electron chi connectivity index (χ4n) is 1.10. The van der Waals surface area contributed by atoms with Crippen LogP contribution < -0.4 is 5.73 Å². The van der Waals surface area contributed by atoms with Crippen molar-refractivity contribution in [1.29, 1.82) is 0 Å². The Morgan fingerprint density at radius 3 is 2.87 bits per heavy atom. The van der Waals surface area contributed by atoms with Crippen LogP contribution in [0.25, 0.3) is 0 Å². The van der Waals surface area contributed by atoms with Crippen LogP contribution in [0.2, 0.25) is 0 Å². The molecule has 1 heterocycles. The van der Waals surface area contributed by atoms with Crippen molar-refractivity contribution in [3.8, 4) is 0 Å². The van der Waals surface area contributed by atoms with Crippen LogP contribution in [0.3, 0.4) is 0 Å². The van der Waals surface area contributed by atoms with Crippen LogP contribution in [0, 0.1) is 0 Å². The van der Waals surface area contributed by atoms with Crippen molar-refractivity contribution in [1.82, 2.24) is 9.78 Å². The van der Waals surface area contributed by atoms with E-state index >= 15 is 0 Å². The molecule has 2 N–H and O–H groups in total. The van der Waals surface area contributed by atoms with Gasteiger partial charge in [-0.05, 0) is 0 Å². The molecule has 0 saturated carbocycles. The highest BCUT2D eigenvalue weighted by molar-refractivity contribution is 5.92. The number of carbonyl (C=O) groups is 1. The minimum Gasteiger partial charge on any atom is -0.461 e. The first-order chi connectivity index (χ1) is 7.15. The zero-order valence-electron chi connectivity index (χ0n) is 8.90. The van der Waals surface area contributed by atoms with Crippen LogP contribution in [0.1, 0.15) is 16.9 Å². The fourth-order valence-corrected chi connectivity index (χ4v) is 1.10. The molecular weight excluding hydrogens is 198 g/mol. The molecule has 6 heteroatoms. The Labute approximate surface area is 88.0 Å². The fraction of sp³-hybridized carbons (Fsp3) is 0.556. The minimum absolute atomic E-state index is 0.162. The predicted molar refractivity (Wildman–Crippen MR) is 54.4 cm³/mol. The Kier molecular flexibility index (Phi) is 4.11. The second kappa shape index (κ2) is 5.35. The van der Waals surface area contributed by atoms with Crippen LogP contribution >= 0.6 is 0 Å². The molecule has 1 rings (SSSR count).